The van der Waals surface area contributed by atoms with E-state index in [1.807, 2.05) is 48.5 Å². The number of halogens is 2. The Balaban J connectivity index is 1.21. The molecule has 1 aliphatic rings. The first kappa shape index (κ1) is 26.2. The topological polar surface area (TPSA) is 77.8 Å². The minimum absolute atomic E-state index is 0.299. The van der Waals surface area contributed by atoms with Crippen molar-refractivity contribution in [3.05, 3.63) is 71.0 Å². The minimum atomic E-state index is -0.299. The van der Waals surface area contributed by atoms with Crippen LogP contribution in [0.3, 0.4) is 0 Å². The molecule has 7 nitrogen and oxygen atoms in total. The normalized spacial score (nSPS) is 13.6. The van der Waals surface area contributed by atoms with Crippen LogP contribution in [0.1, 0.15) is 19.3 Å². The molecule has 38 heavy (non-hydrogen) atoms. The van der Waals surface area contributed by atoms with Gasteiger partial charge in [0.25, 0.3) is 0 Å². The predicted molar refractivity (Wildman–Crippen MR) is 157 cm³/mol. The molecule has 1 aliphatic heterocycles. The number of nitrogens with one attached hydrogen (secondary N) is 2. The fourth-order valence-electron chi connectivity index (χ4n) is 4.59. The summed E-state index contributed by atoms with van der Waals surface area (Å²) < 4.78 is 0. The van der Waals surface area contributed by atoms with Crippen molar-refractivity contribution in [1.29, 1.82) is 0 Å². The van der Waals surface area contributed by atoms with Gasteiger partial charge in [-0.25, -0.2) is 0 Å². The molecule has 2 aromatic carbocycles. The van der Waals surface area contributed by atoms with Gasteiger partial charge in [-0.2, -0.15) is 10.2 Å². The highest BCUT2D eigenvalue weighted by atomic mass is 35.5. The molecule has 194 valence electrons. The molecular weight excluding hydrogens is 517 g/mol. The highest BCUT2D eigenvalue weighted by Gasteiger charge is 2.39. The average molecular weight is 547 g/mol. The fourth-order valence-corrected chi connectivity index (χ4v) is 4.92. The summed E-state index contributed by atoms with van der Waals surface area (Å²) in [6.07, 6.45) is 11.4. The molecule has 5 rings (SSSR count). The summed E-state index contributed by atoms with van der Waals surface area (Å²) in [7, 11) is 0. The number of terminal acetylenes is 1. The van der Waals surface area contributed by atoms with Gasteiger partial charge in [0, 0.05) is 96.6 Å². The molecule has 0 fully saturated rings. The first-order valence-electron chi connectivity index (χ1n) is 12.7. The third-order valence-electron chi connectivity index (χ3n) is 6.78. The van der Waals surface area contributed by atoms with Crippen molar-refractivity contribution in [3.8, 4) is 12.3 Å². The van der Waals surface area contributed by atoms with Gasteiger partial charge in [0.1, 0.15) is 0 Å². The maximum absolute atomic E-state index is 6.15. The molecule has 9 heteroatoms. The molecule has 0 saturated carbocycles. The molecule has 0 radical (unpaired) electrons. The van der Waals surface area contributed by atoms with Crippen molar-refractivity contribution in [1.82, 2.24) is 14.9 Å². The molecule has 2 N–H and O–H groups in total. The zero-order valence-electron chi connectivity index (χ0n) is 21.0. The van der Waals surface area contributed by atoms with E-state index in [2.05, 4.69) is 41.7 Å². The quantitative estimate of drug-likeness (QED) is 0.179. The maximum Gasteiger partial charge on any atom is 0.193 e. The van der Waals surface area contributed by atoms with E-state index in [4.69, 9.17) is 29.6 Å². The molecular formula is C29H29Cl2N7. The number of anilines is 2. The standard InChI is InChI=1S/C29H29Cl2N7/c1-2-3-10-29(36-37-29)11-16-38(17-14-34-25-8-12-32-27-19-21(30)4-6-23(25)27)18-15-35-26-9-13-33-28-20-22(31)5-7-24(26)28/h1,4-9,12-13,19-20H,3,10-11,14-18H2,(H,32,34)(H,33,35). The Morgan fingerprint density at radius 1 is 0.763 bits per heavy atom. The maximum atomic E-state index is 6.15. The van der Waals surface area contributed by atoms with E-state index in [1.54, 1.807) is 12.4 Å². The molecule has 2 aromatic heterocycles. The second-order valence-electron chi connectivity index (χ2n) is 9.37. The van der Waals surface area contributed by atoms with Gasteiger partial charge in [0.2, 0.25) is 0 Å². The molecule has 3 heterocycles. The number of rotatable bonds is 13. The number of benzene rings is 2. The Morgan fingerprint density at radius 3 is 1.82 bits per heavy atom. The summed E-state index contributed by atoms with van der Waals surface area (Å²) in [4.78, 5) is 11.3. The lowest BCUT2D eigenvalue weighted by Gasteiger charge is -2.24. The molecule has 0 atom stereocenters. The summed E-state index contributed by atoms with van der Waals surface area (Å²) >= 11 is 12.3. The SMILES string of the molecule is C#CCCC1(CCN(CCNc2ccnc3cc(Cl)ccc23)CCNc2ccnc3cc(Cl)ccc23)N=N1. The fraction of sp³-hybridized carbons (Fsp3) is 0.310. The van der Waals surface area contributed by atoms with E-state index >= 15 is 0 Å². The zero-order chi connectivity index (χ0) is 26.4. The van der Waals surface area contributed by atoms with Crippen molar-refractivity contribution in [3.63, 3.8) is 0 Å². The van der Waals surface area contributed by atoms with Gasteiger partial charge in [0.15, 0.2) is 5.66 Å². The summed E-state index contributed by atoms with van der Waals surface area (Å²) in [5, 5.41) is 19.3. The number of aromatic nitrogens is 2. The zero-order valence-corrected chi connectivity index (χ0v) is 22.5. The van der Waals surface area contributed by atoms with Crippen LogP contribution in [0.2, 0.25) is 10.0 Å². The van der Waals surface area contributed by atoms with Crippen molar-refractivity contribution in [2.45, 2.75) is 24.9 Å². The monoisotopic (exact) mass is 545 g/mol. The van der Waals surface area contributed by atoms with Crippen LogP contribution in [0.25, 0.3) is 21.8 Å². The second-order valence-corrected chi connectivity index (χ2v) is 10.2. The first-order valence-corrected chi connectivity index (χ1v) is 13.5. The lowest BCUT2D eigenvalue weighted by Crippen LogP contribution is -2.36. The van der Waals surface area contributed by atoms with Crippen molar-refractivity contribution >= 4 is 56.4 Å². The predicted octanol–water partition coefficient (Wildman–Crippen LogP) is 6.88. The Kier molecular flexibility index (Phi) is 8.23. The van der Waals surface area contributed by atoms with E-state index in [9.17, 15) is 0 Å². The Hall–Kier alpha value is -3.44. The van der Waals surface area contributed by atoms with E-state index in [1.165, 1.54) is 0 Å². The van der Waals surface area contributed by atoms with Crippen molar-refractivity contribution < 1.29 is 0 Å². The van der Waals surface area contributed by atoms with Gasteiger partial charge >= 0.3 is 0 Å². The molecule has 0 bridgehead atoms. The molecule has 4 aromatic rings. The van der Waals surface area contributed by atoms with Gasteiger partial charge in [-0.1, -0.05) is 23.2 Å². The van der Waals surface area contributed by atoms with Crippen LogP contribution in [0, 0.1) is 12.3 Å². The number of nitrogens with zero attached hydrogens (tertiary/aromatic N) is 5. The largest absolute Gasteiger partial charge is 0.383 e. The molecule has 0 amide bonds. The molecule has 0 unspecified atom stereocenters. The van der Waals surface area contributed by atoms with Crippen LogP contribution in [0.5, 0.6) is 0 Å². The molecule has 0 aliphatic carbocycles. The molecule has 0 spiro atoms. The van der Waals surface area contributed by atoms with Crippen LogP contribution in [0.15, 0.2) is 71.2 Å². The lowest BCUT2D eigenvalue weighted by atomic mass is 10.0. The van der Waals surface area contributed by atoms with Gasteiger partial charge < -0.3 is 10.6 Å². The molecule has 0 saturated heterocycles. The summed E-state index contributed by atoms with van der Waals surface area (Å²) in [6.45, 7) is 4.16. The number of fused-ring (bicyclic) bond motifs is 2. The van der Waals surface area contributed by atoms with Gasteiger partial charge in [-0.05, 0) is 48.5 Å². The third-order valence-corrected chi connectivity index (χ3v) is 7.25. The number of pyridine rings is 2. The highest BCUT2D eigenvalue weighted by Crippen LogP contribution is 2.36. The van der Waals surface area contributed by atoms with Crippen molar-refractivity contribution in [2.24, 2.45) is 10.2 Å². The van der Waals surface area contributed by atoms with E-state index in [-0.39, 0.29) is 5.66 Å². The first-order chi connectivity index (χ1) is 18.5. The van der Waals surface area contributed by atoms with Gasteiger partial charge in [0.05, 0.1) is 11.0 Å². The minimum Gasteiger partial charge on any atom is -0.383 e. The Morgan fingerprint density at radius 2 is 1.32 bits per heavy atom. The number of hydrogen-bond donors (Lipinski definition) is 2. The van der Waals surface area contributed by atoms with E-state index in [0.717, 1.165) is 78.7 Å². The summed E-state index contributed by atoms with van der Waals surface area (Å²) in [6, 6.07) is 15.6. The van der Waals surface area contributed by atoms with Crippen molar-refractivity contribution in [2.75, 3.05) is 43.4 Å². The number of hydrogen-bond acceptors (Lipinski definition) is 7. The Bertz CT molecular complexity index is 1400. The third kappa shape index (κ3) is 6.51. The average Bonchev–Trinajstić information content (AvgIpc) is 3.70. The van der Waals surface area contributed by atoms with E-state index < -0.39 is 0 Å². The van der Waals surface area contributed by atoms with Gasteiger partial charge in [-0.3, -0.25) is 14.9 Å². The highest BCUT2D eigenvalue weighted by molar-refractivity contribution is 6.31. The van der Waals surface area contributed by atoms with Crippen LogP contribution in [-0.4, -0.2) is 53.3 Å². The second kappa shape index (κ2) is 12.0. The van der Waals surface area contributed by atoms with Crippen LogP contribution in [-0.2, 0) is 0 Å². The summed E-state index contributed by atoms with van der Waals surface area (Å²) in [5.41, 5.74) is 3.55. The Labute approximate surface area is 232 Å². The summed E-state index contributed by atoms with van der Waals surface area (Å²) in [5.74, 6) is 2.71. The van der Waals surface area contributed by atoms with Crippen LogP contribution >= 0.6 is 23.2 Å². The van der Waals surface area contributed by atoms with E-state index in [0.29, 0.717) is 16.5 Å². The van der Waals surface area contributed by atoms with Crippen LogP contribution in [0.4, 0.5) is 11.4 Å². The smallest absolute Gasteiger partial charge is 0.193 e. The van der Waals surface area contributed by atoms with Gasteiger partial charge in [-0.15, -0.1) is 12.3 Å². The lowest BCUT2D eigenvalue weighted by molar-refractivity contribution is 0.272. The van der Waals surface area contributed by atoms with Crippen LogP contribution < -0.4 is 10.6 Å².